The molecule has 0 radical (unpaired) electrons. The average molecular weight is 236 g/mol. The van der Waals surface area contributed by atoms with Crippen LogP contribution in [0.5, 0.6) is 0 Å². The van der Waals surface area contributed by atoms with E-state index in [1.807, 2.05) is 24.4 Å². The normalized spacial score (nSPS) is 10.5. The van der Waals surface area contributed by atoms with E-state index in [2.05, 4.69) is 16.9 Å². The first-order valence-electron chi connectivity index (χ1n) is 4.86. The Morgan fingerprint density at radius 3 is 2.93 bits per heavy atom. The molecule has 0 aliphatic heterocycles. The second-order valence-corrected chi connectivity index (χ2v) is 4.66. The molecule has 0 amide bonds. The maximum Gasteiger partial charge on any atom is 0.149 e. The summed E-state index contributed by atoms with van der Waals surface area (Å²) in [5.41, 5.74) is 2.27. The predicted molar refractivity (Wildman–Crippen MR) is 66.8 cm³/mol. The van der Waals surface area contributed by atoms with Crippen molar-refractivity contribution in [1.29, 1.82) is 0 Å². The SMILES string of the molecule is CCc1[nH]c(-c2cccs2)nc(=S)c1C. The molecule has 0 saturated heterocycles. The van der Waals surface area contributed by atoms with Crippen molar-refractivity contribution in [2.24, 2.45) is 0 Å². The molecule has 15 heavy (non-hydrogen) atoms. The second-order valence-electron chi connectivity index (χ2n) is 3.32. The lowest BCUT2D eigenvalue weighted by Crippen LogP contribution is -1.98. The van der Waals surface area contributed by atoms with Crippen LogP contribution >= 0.6 is 23.6 Å². The van der Waals surface area contributed by atoms with Gasteiger partial charge in [0.2, 0.25) is 0 Å². The lowest BCUT2D eigenvalue weighted by Gasteiger charge is -2.05. The van der Waals surface area contributed by atoms with E-state index in [4.69, 9.17) is 12.2 Å². The van der Waals surface area contributed by atoms with E-state index in [0.29, 0.717) is 4.64 Å². The summed E-state index contributed by atoms with van der Waals surface area (Å²) in [4.78, 5) is 8.87. The van der Waals surface area contributed by atoms with Crippen LogP contribution in [0.3, 0.4) is 0 Å². The van der Waals surface area contributed by atoms with Crippen molar-refractivity contribution in [2.75, 3.05) is 0 Å². The van der Waals surface area contributed by atoms with E-state index in [9.17, 15) is 0 Å². The Labute approximate surface area is 98.0 Å². The van der Waals surface area contributed by atoms with Crippen LogP contribution in [0.25, 0.3) is 10.7 Å². The number of nitrogens with zero attached hydrogens (tertiary/aromatic N) is 1. The molecule has 4 heteroatoms. The Bertz CT molecular complexity index is 512. The van der Waals surface area contributed by atoms with Crippen molar-refractivity contribution in [3.63, 3.8) is 0 Å². The third kappa shape index (κ3) is 2.01. The fraction of sp³-hybridized carbons (Fsp3) is 0.273. The topological polar surface area (TPSA) is 28.7 Å². The maximum atomic E-state index is 5.24. The van der Waals surface area contributed by atoms with Crippen LogP contribution in [-0.4, -0.2) is 9.97 Å². The van der Waals surface area contributed by atoms with E-state index in [-0.39, 0.29) is 0 Å². The van der Waals surface area contributed by atoms with Crippen LogP contribution in [0.2, 0.25) is 0 Å². The van der Waals surface area contributed by atoms with Crippen LogP contribution in [0.1, 0.15) is 18.2 Å². The van der Waals surface area contributed by atoms with E-state index in [1.165, 1.54) is 5.69 Å². The second kappa shape index (κ2) is 4.24. The summed E-state index contributed by atoms with van der Waals surface area (Å²) >= 11 is 6.91. The van der Waals surface area contributed by atoms with Gasteiger partial charge in [-0.1, -0.05) is 25.2 Å². The van der Waals surface area contributed by atoms with Gasteiger partial charge in [0.1, 0.15) is 10.5 Å². The van der Waals surface area contributed by atoms with Crippen LogP contribution in [0.15, 0.2) is 17.5 Å². The fourth-order valence-electron chi connectivity index (χ4n) is 1.46. The molecule has 0 aliphatic carbocycles. The van der Waals surface area contributed by atoms with Crippen LogP contribution < -0.4 is 0 Å². The molecule has 2 heterocycles. The van der Waals surface area contributed by atoms with Crippen molar-refractivity contribution in [2.45, 2.75) is 20.3 Å². The highest BCUT2D eigenvalue weighted by atomic mass is 32.1. The number of hydrogen-bond acceptors (Lipinski definition) is 3. The molecule has 0 atom stereocenters. The summed E-state index contributed by atoms with van der Waals surface area (Å²) in [5.74, 6) is 0.887. The predicted octanol–water partition coefficient (Wildman–Crippen LogP) is 3.74. The van der Waals surface area contributed by atoms with Gasteiger partial charge < -0.3 is 4.98 Å². The number of aromatic amines is 1. The molecule has 78 valence electrons. The van der Waals surface area contributed by atoms with E-state index >= 15 is 0 Å². The standard InChI is InChI=1S/C11H12N2S2/c1-3-8-7(2)11(14)13-10(12-8)9-5-4-6-15-9/h4-6H,3H2,1-2H3,(H,12,13,14). The lowest BCUT2D eigenvalue weighted by molar-refractivity contribution is 0.971. The largest absolute Gasteiger partial charge is 0.342 e. The quantitative estimate of drug-likeness (QED) is 0.805. The molecular weight excluding hydrogens is 224 g/mol. The lowest BCUT2D eigenvalue weighted by atomic mass is 10.2. The first-order chi connectivity index (χ1) is 7.22. The third-order valence-electron chi connectivity index (χ3n) is 2.36. The number of aryl methyl sites for hydroxylation is 1. The summed E-state index contributed by atoms with van der Waals surface area (Å²) < 4.78 is 0.703. The minimum absolute atomic E-state index is 0.703. The molecule has 0 unspecified atom stereocenters. The van der Waals surface area contributed by atoms with Crippen molar-refractivity contribution < 1.29 is 0 Å². The molecule has 2 nitrogen and oxygen atoms in total. The number of nitrogens with one attached hydrogen (secondary N) is 1. The van der Waals surface area contributed by atoms with Crippen molar-refractivity contribution in [3.05, 3.63) is 33.4 Å². The Balaban J connectivity index is 2.61. The summed E-state index contributed by atoms with van der Waals surface area (Å²) in [7, 11) is 0. The summed E-state index contributed by atoms with van der Waals surface area (Å²) in [6, 6.07) is 4.07. The molecule has 2 aromatic heterocycles. The molecule has 2 aromatic rings. The van der Waals surface area contributed by atoms with Gasteiger partial charge in [0.15, 0.2) is 0 Å². The average Bonchev–Trinajstić information content (AvgIpc) is 2.75. The minimum atomic E-state index is 0.703. The first kappa shape index (κ1) is 10.5. The number of thiophene rings is 1. The molecule has 0 aliphatic rings. The maximum absolute atomic E-state index is 5.24. The monoisotopic (exact) mass is 236 g/mol. The summed E-state index contributed by atoms with van der Waals surface area (Å²) in [5, 5.41) is 2.04. The fourth-order valence-corrected chi connectivity index (χ4v) is 2.35. The highest BCUT2D eigenvalue weighted by Crippen LogP contribution is 2.22. The van der Waals surface area contributed by atoms with Gasteiger partial charge in [-0.15, -0.1) is 11.3 Å². The molecule has 0 bridgehead atoms. The van der Waals surface area contributed by atoms with Crippen molar-refractivity contribution in [1.82, 2.24) is 9.97 Å². The highest BCUT2D eigenvalue weighted by molar-refractivity contribution is 7.71. The van der Waals surface area contributed by atoms with Gasteiger partial charge in [0.25, 0.3) is 0 Å². The Hall–Kier alpha value is -1.00. The van der Waals surface area contributed by atoms with Gasteiger partial charge >= 0.3 is 0 Å². The minimum Gasteiger partial charge on any atom is -0.342 e. The van der Waals surface area contributed by atoms with Gasteiger partial charge in [0, 0.05) is 11.3 Å². The van der Waals surface area contributed by atoms with Gasteiger partial charge in [-0.25, -0.2) is 4.98 Å². The van der Waals surface area contributed by atoms with Gasteiger partial charge in [-0.2, -0.15) is 0 Å². The van der Waals surface area contributed by atoms with Crippen LogP contribution in [0.4, 0.5) is 0 Å². The number of aromatic nitrogens is 2. The molecular formula is C11H12N2S2. The molecule has 0 spiro atoms. The van der Waals surface area contributed by atoms with Crippen LogP contribution in [-0.2, 0) is 6.42 Å². The van der Waals surface area contributed by atoms with Gasteiger partial charge in [-0.3, -0.25) is 0 Å². The first-order valence-corrected chi connectivity index (χ1v) is 6.15. The van der Waals surface area contributed by atoms with Crippen molar-refractivity contribution in [3.8, 4) is 10.7 Å². The van der Waals surface area contributed by atoms with E-state index in [1.54, 1.807) is 11.3 Å². The zero-order valence-corrected chi connectivity index (χ0v) is 10.3. The molecule has 1 N–H and O–H groups in total. The van der Waals surface area contributed by atoms with Crippen molar-refractivity contribution >= 4 is 23.6 Å². The van der Waals surface area contributed by atoms with Gasteiger partial charge in [-0.05, 0) is 24.8 Å². The van der Waals surface area contributed by atoms with E-state index < -0.39 is 0 Å². The number of hydrogen-bond donors (Lipinski definition) is 1. The third-order valence-corrected chi connectivity index (χ3v) is 3.64. The molecule has 0 saturated carbocycles. The molecule has 0 aromatic carbocycles. The van der Waals surface area contributed by atoms with E-state index in [0.717, 1.165) is 22.7 Å². The zero-order valence-electron chi connectivity index (χ0n) is 8.70. The zero-order chi connectivity index (χ0) is 10.8. The number of rotatable bonds is 2. The Morgan fingerprint density at radius 2 is 2.33 bits per heavy atom. The Morgan fingerprint density at radius 1 is 1.53 bits per heavy atom. The number of H-pyrrole nitrogens is 1. The summed E-state index contributed by atoms with van der Waals surface area (Å²) in [6.07, 6.45) is 0.955. The smallest absolute Gasteiger partial charge is 0.149 e. The van der Waals surface area contributed by atoms with Gasteiger partial charge in [0.05, 0.1) is 4.88 Å². The molecule has 2 rings (SSSR count). The van der Waals surface area contributed by atoms with Crippen LogP contribution in [0, 0.1) is 11.6 Å². The Kier molecular flexibility index (Phi) is 2.98. The summed E-state index contributed by atoms with van der Waals surface area (Å²) in [6.45, 7) is 4.13. The highest BCUT2D eigenvalue weighted by Gasteiger charge is 2.05. The molecule has 0 fully saturated rings.